The van der Waals surface area contributed by atoms with Crippen molar-refractivity contribution in [3.8, 4) is 0 Å². The van der Waals surface area contributed by atoms with Gasteiger partial charge in [-0.15, -0.1) is 24.9 Å². The number of aliphatic hydroxyl groups is 1. The van der Waals surface area contributed by atoms with Gasteiger partial charge in [0.25, 0.3) is 0 Å². The molecule has 1 saturated carbocycles. The lowest BCUT2D eigenvalue weighted by Crippen LogP contribution is -2.57. The van der Waals surface area contributed by atoms with Crippen LogP contribution in [0.2, 0.25) is 0 Å². The van der Waals surface area contributed by atoms with Crippen molar-refractivity contribution in [2.75, 3.05) is 33.3 Å². The Morgan fingerprint density at radius 2 is 1.84 bits per heavy atom. The summed E-state index contributed by atoms with van der Waals surface area (Å²) in [5.74, 6) is -1.03. The summed E-state index contributed by atoms with van der Waals surface area (Å²) in [6, 6.07) is -0.417. The van der Waals surface area contributed by atoms with Crippen LogP contribution in [0, 0.1) is 11.8 Å². The van der Waals surface area contributed by atoms with Crippen LogP contribution in [0.25, 0.3) is 0 Å². The van der Waals surface area contributed by atoms with Gasteiger partial charge in [0, 0.05) is 49.4 Å². The van der Waals surface area contributed by atoms with Gasteiger partial charge in [-0.2, -0.15) is 0 Å². The molecule has 9 heteroatoms. The molecule has 0 aromatic heterocycles. The first-order chi connectivity index (χ1) is 17.8. The predicted molar refractivity (Wildman–Crippen MR) is 151 cm³/mol. The molecule has 0 radical (unpaired) electrons. The van der Waals surface area contributed by atoms with Gasteiger partial charge in [-0.25, -0.2) is 0 Å². The van der Waals surface area contributed by atoms with Gasteiger partial charge >= 0.3 is 0 Å². The lowest BCUT2D eigenvalue weighted by Gasteiger charge is -2.41. The Labute approximate surface area is 234 Å². The number of alkyl halides is 1. The summed E-state index contributed by atoms with van der Waals surface area (Å²) in [4.78, 5) is 47.9. The molecule has 7 nitrogen and oxygen atoms in total. The molecule has 3 aliphatic heterocycles. The van der Waals surface area contributed by atoms with Gasteiger partial charge in [-0.05, 0) is 38.5 Å². The number of hydrogen-bond donors (Lipinski definition) is 1. The molecule has 1 N–H and O–H groups in total. The third kappa shape index (κ3) is 5.17. The molecule has 37 heavy (non-hydrogen) atoms. The quantitative estimate of drug-likeness (QED) is 0.212. The molecular formula is C28H42BrN3O4S. The number of unbranched alkanes of at least 4 members (excludes halogenated alkanes) is 2. The van der Waals surface area contributed by atoms with Crippen LogP contribution in [-0.4, -0.2) is 97.7 Å². The lowest BCUT2D eigenvalue weighted by molar-refractivity contribution is -0.145. The van der Waals surface area contributed by atoms with Crippen molar-refractivity contribution in [2.45, 2.75) is 84.7 Å². The van der Waals surface area contributed by atoms with Gasteiger partial charge in [0.2, 0.25) is 17.7 Å². The largest absolute Gasteiger partial charge is 0.396 e. The van der Waals surface area contributed by atoms with Gasteiger partial charge < -0.3 is 19.8 Å². The van der Waals surface area contributed by atoms with Crippen LogP contribution in [0.3, 0.4) is 0 Å². The highest BCUT2D eigenvalue weighted by Gasteiger charge is 2.76. The minimum absolute atomic E-state index is 0.0187. The molecule has 4 aliphatic rings. The normalized spacial score (nSPS) is 32.9. The highest BCUT2D eigenvalue weighted by molar-refractivity contribution is 9.09. The number of likely N-dealkylation sites (N-methyl/N-ethyl adjacent to an activating group) is 1. The summed E-state index contributed by atoms with van der Waals surface area (Å²) >= 11 is 5.55. The highest BCUT2D eigenvalue weighted by atomic mass is 79.9. The van der Waals surface area contributed by atoms with Crippen molar-refractivity contribution in [1.82, 2.24) is 14.7 Å². The monoisotopic (exact) mass is 595 g/mol. The molecule has 4 rings (SSSR count). The van der Waals surface area contributed by atoms with Crippen LogP contribution in [0.1, 0.15) is 57.8 Å². The number of likely N-dealkylation sites (tertiary alicyclic amines) is 1. The fourth-order valence-electron chi connectivity index (χ4n) is 7.15. The minimum atomic E-state index is -0.618. The van der Waals surface area contributed by atoms with E-state index >= 15 is 0 Å². The Bertz CT molecular complexity index is 897. The van der Waals surface area contributed by atoms with E-state index in [2.05, 4.69) is 29.1 Å². The molecule has 6 atom stereocenters. The maximum atomic E-state index is 14.5. The number of aliphatic hydroxyl groups excluding tert-OH is 1. The fourth-order valence-corrected chi connectivity index (χ4v) is 10.7. The molecule has 206 valence electrons. The predicted octanol–water partition coefficient (Wildman–Crippen LogP) is 3.61. The topological polar surface area (TPSA) is 81.2 Å². The van der Waals surface area contributed by atoms with E-state index < -0.39 is 22.6 Å². The van der Waals surface area contributed by atoms with Crippen LogP contribution in [0.5, 0.6) is 0 Å². The standard InChI is InChI=1S/C28H42BrN3O4S/c1-4-14-30(3)25(34)21-22-26(35)32(16-10-7-11-17-33)24(28(22)18-20(29)23(21)37-28)27(36)31(15-5-2)19-12-8-6-9-13-19/h4-5,19-24,33H,1-2,6-18H2,3H3/t20?,21-,22-,23-,24?,28?/m0/s1. The molecule has 4 fully saturated rings. The zero-order valence-corrected chi connectivity index (χ0v) is 24.4. The van der Waals surface area contributed by atoms with E-state index in [1.807, 2.05) is 9.80 Å². The molecule has 0 aromatic rings. The van der Waals surface area contributed by atoms with E-state index in [9.17, 15) is 19.5 Å². The second kappa shape index (κ2) is 12.2. The van der Waals surface area contributed by atoms with Crippen LogP contribution < -0.4 is 0 Å². The number of nitrogens with zero attached hydrogens (tertiary/aromatic N) is 3. The van der Waals surface area contributed by atoms with Crippen LogP contribution in [0.15, 0.2) is 25.3 Å². The summed E-state index contributed by atoms with van der Waals surface area (Å²) in [6.45, 7) is 9.20. The van der Waals surface area contributed by atoms with E-state index in [4.69, 9.17) is 0 Å². The molecule has 2 bridgehead atoms. The average molecular weight is 597 g/mol. The number of thioether (sulfide) groups is 1. The van der Waals surface area contributed by atoms with Crippen molar-refractivity contribution in [3.63, 3.8) is 0 Å². The van der Waals surface area contributed by atoms with Gasteiger partial charge in [0.1, 0.15) is 6.04 Å². The number of carbonyl (C=O) groups is 3. The van der Waals surface area contributed by atoms with E-state index in [0.29, 0.717) is 32.5 Å². The third-order valence-electron chi connectivity index (χ3n) is 8.77. The molecule has 3 saturated heterocycles. The Morgan fingerprint density at radius 3 is 2.49 bits per heavy atom. The Hall–Kier alpha value is -1.32. The highest BCUT2D eigenvalue weighted by Crippen LogP contribution is 2.68. The van der Waals surface area contributed by atoms with Crippen LogP contribution >= 0.6 is 27.7 Å². The van der Waals surface area contributed by atoms with Crippen LogP contribution in [0.4, 0.5) is 0 Å². The van der Waals surface area contributed by atoms with Crippen molar-refractivity contribution < 1.29 is 19.5 Å². The van der Waals surface area contributed by atoms with E-state index in [1.165, 1.54) is 6.42 Å². The summed E-state index contributed by atoms with van der Waals surface area (Å²) in [5, 5.41) is 9.22. The van der Waals surface area contributed by atoms with E-state index in [0.717, 1.165) is 38.5 Å². The van der Waals surface area contributed by atoms with Gasteiger partial charge in [0.15, 0.2) is 0 Å². The zero-order chi connectivity index (χ0) is 26.7. The van der Waals surface area contributed by atoms with Gasteiger partial charge in [-0.3, -0.25) is 14.4 Å². The maximum absolute atomic E-state index is 14.5. The number of rotatable bonds is 12. The molecular weight excluding hydrogens is 554 g/mol. The Kier molecular flexibility index (Phi) is 9.49. The number of fused-ring (bicyclic) bond motifs is 1. The molecule has 1 aliphatic carbocycles. The number of hydrogen-bond acceptors (Lipinski definition) is 5. The molecule has 3 heterocycles. The minimum Gasteiger partial charge on any atom is -0.396 e. The van der Waals surface area contributed by atoms with E-state index in [1.54, 1.807) is 35.9 Å². The SMILES string of the molecule is C=CCN(C)C(=O)[C@H]1[C@H]2C(=O)N(CCCCCO)C(C(=O)N(CC=C)C3CCCCC3)C23CC(Br)[C@@H]1S3. The van der Waals surface area contributed by atoms with Gasteiger partial charge in [-0.1, -0.05) is 47.3 Å². The summed E-state index contributed by atoms with van der Waals surface area (Å²) in [7, 11) is 1.76. The second-order valence-electron chi connectivity index (χ2n) is 11.1. The van der Waals surface area contributed by atoms with Crippen molar-refractivity contribution >= 4 is 45.4 Å². The van der Waals surface area contributed by atoms with E-state index in [-0.39, 0.29) is 40.4 Å². The summed E-state index contributed by atoms with van der Waals surface area (Å²) < 4.78 is -0.618. The molecule has 1 spiro atoms. The number of carbonyl (C=O) groups excluding carboxylic acids is 3. The first kappa shape index (κ1) is 28.7. The second-order valence-corrected chi connectivity index (χ2v) is 13.8. The number of halogens is 1. The fraction of sp³-hybridized carbons (Fsp3) is 0.750. The van der Waals surface area contributed by atoms with Crippen molar-refractivity contribution in [2.24, 2.45) is 11.8 Å². The first-order valence-corrected chi connectivity index (χ1v) is 15.6. The smallest absolute Gasteiger partial charge is 0.247 e. The summed E-state index contributed by atoms with van der Waals surface area (Å²) in [5.41, 5.74) is 0. The van der Waals surface area contributed by atoms with Crippen molar-refractivity contribution in [3.05, 3.63) is 25.3 Å². The Morgan fingerprint density at radius 1 is 1.14 bits per heavy atom. The maximum Gasteiger partial charge on any atom is 0.247 e. The molecule has 3 amide bonds. The lowest BCUT2D eigenvalue weighted by atomic mass is 9.70. The number of amides is 3. The van der Waals surface area contributed by atoms with Crippen molar-refractivity contribution in [1.29, 1.82) is 0 Å². The summed E-state index contributed by atoms with van der Waals surface area (Å²) in [6.07, 6.45) is 11.8. The Balaban J connectivity index is 1.71. The van der Waals surface area contributed by atoms with Crippen LogP contribution in [-0.2, 0) is 14.4 Å². The first-order valence-electron chi connectivity index (χ1n) is 13.8. The average Bonchev–Trinajstić information content (AvgIpc) is 3.48. The van der Waals surface area contributed by atoms with Gasteiger partial charge in [0.05, 0.1) is 16.6 Å². The molecule has 0 aromatic carbocycles. The molecule has 3 unspecified atom stereocenters. The zero-order valence-electron chi connectivity index (χ0n) is 22.0. The third-order valence-corrected chi connectivity index (χ3v) is 12.0.